The fourth-order valence-electron chi connectivity index (χ4n) is 1.40. The number of hydrogen-bond donors (Lipinski definition) is 1. The van der Waals surface area contributed by atoms with Crippen molar-refractivity contribution in [3.05, 3.63) is 28.8 Å². The largest absolute Gasteiger partial charge is 0.491 e. The molecule has 0 bridgehead atoms. The van der Waals surface area contributed by atoms with Crippen LogP contribution in [0.3, 0.4) is 0 Å². The summed E-state index contributed by atoms with van der Waals surface area (Å²) in [6.45, 7) is 4.98. The highest BCUT2D eigenvalue weighted by Gasteiger charge is 2.16. The lowest BCUT2D eigenvalue weighted by atomic mass is 10.1. The number of aliphatic hydroxyl groups is 1. The van der Waals surface area contributed by atoms with E-state index in [2.05, 4.69) is 0 Å². The molecule has 0 aromatic heterocycles. The van der Waals surface area contributed by atoms with E-state index in [1.807, 2.05) is 0 Å². The highest BCUT2D eigenvalue weighted by Crippen LogP contribution is 2.27. The summed E-state index contributed by atoms with van der Waals surface area (Å²) in [4.78, 5) is 0. The summed E-state index contributed by atoms with van der Waals surface area (Å²) in [5.74, 6) is 0.379. The number of ether oxygens (including phenoxy) is 1. The van der Waals surface area contributed by atoms with Crippen molar-refractivity contribution in [2.75, 3.05) is 12.4 Å². The first kappa shape index (κ1) is 16.3. The lowest BCUT2D eigenvalue weighted by Crippen LogP contribution is -2.22. The number of aliphatic hydroxyl groups excluding tert-OH is 1. The Morgan fingerprint density at radius 3 is 2.42 bits per heavy atom. The Morgan fingerprint density at radius 2 is 1.95 bits per heavy atom. The first-order valence-electron chi connectivity index (χ1n) is 6.06. The molecule has 0 amide bonds. The van der Waals surface area contributed by atoms with Crippen LogP contribution >= 0.6 is 11.6 Å². The van der Waals surface area contributed by atoms with Crippen LogP contribution in [-0.4, -0.2) is 31.1 Å². The van der Waals surface area contributed by atoms with Crippen LogP contribution in [0.2, 0.25) is 5.02 Å². The molecule has 0 heterocycles. The summed E-state index contributed by atoms with van der Waals surface area (Å²) in [7, 11) is -3.11. The summed E-state index contributed by atoms with van der Waals surface area (Å²) < 4.78 is 28.6. The molecule has 1 aromatic carbocycles. The third-order valence-corrected chi connectivity index (χ3v) is 5.25. The lowest BCUT2D eigenvalue weighted by Gasteiger charge is -2.12. The minimum Gasteiger partial charge on any atom is -0.491 e. The molecule has 0 saturated carbocycles. The lowest BCUT2D eigenvalue weighted by molar-refractivity contribution is 0.199. The highest BCUT2D eigenvalue weighted by molar-refractivity contribution is 7.91. The average molecular weight is 307 g/mol. The Morgan fingerprint density at radius 1 is 1.32 bits per heavy atom. The van der Waals surface area contributed by atoms with E-state index >= 15 is 0 Å². The molecule has 0 aliphatic carbocycles. The van der Waals surface area contributed by atoms with Crippen molar-refractivity contribution in [3.8, 4) is 5.75 Å². The van der Waals surface area contributed by atoms with E-state index in [0.717, 1.165) is 0 Å². The van der Waals surface area contributed by atoms with Gasteiger partial charge in [-0.2, -0.15) is 0 Å². The van der Waals surface area contributed by atoms with Crippen molar-refractivity contribution in [3.63, 3.8) is 0 Å². The molecule has 0 aliphatic rings. The smallest absolute Gasteiger partial charge is 0.155 e. The molecule has 0 fully saturated rings. The topological polar surface area (TPSA) is 63.6 Å². The fourth-order valence-corrected chi connectivity index (χ4v) is 2.43. The van der Waals surface area contributed by atoms with E-state index < -0.39 is 21.2 Å². The molecule has 19 heavy (non-hydrogen) atoms. The molecule has 1 N–H and O–H groups in total. The standard InChI is InChI=1S/C13H19ClO4S/c1-9(2)19(16,17)7-6-18-13-5-4-11(10(3)15)8-12(13)14/h4-5,8-10,15H,6-7H2,1-3H3. The first-order chi connectivity index (χ1) is 8.74. The number of benzene rings is 1. The molecule has 0 saturated heterocycles. The number of sulfone groups is 1. The van der Waals surface area contributed by atoms with E-state index in [1.165, 1.54) is 0 Å². The predicted molar refractivity (Wildman–Crippen MR) is 76.5 cm³/mol. The van der Waals surface area contributed by atoms with Gasteiger partial charge >= 0.3 is 0 Å². The first-order valence-corrected chi connectivity index (χ1v) is 8.15. The van der Waals surface area contributed by atoms with Crippen LogP contribution in [0.5, 0.6) is 5.75 Å². The Hall–Kier alpha value is -0.780. The van der Waals surface area contributed by atoms with Gasteiger partial charge in [0, 0.05) is 0 Å². The van der Waals surface area contributed by atoms with Crippen molar-refractivity contribution < 1.29 is 18.3 Å². The molecule has 6 heteroatoms. The van der Waals surface area contributed by atoms with Gasteiger partial charge in [0.1, 0.15) is 12.4 Å². The minimum absolute atomic E-state index is 0.0425. The van der Waals surface area contributed by atoms with Crippen LogP contribution in [0.25, 0.3) is 0 Å². The van der Waals surface area contributed by atoms with Crippen molar-refractivity contribution in [1.82, 2.24) is 0 Å². The van der Waals surface area contributed by atoms with Crippen LogP contribution in [0.15, 0.2) is 18.2 Å². The van der Waals surface area contributed by atoms with Gasteiger partial charge in [0.05, 0.1) is 22.1 Å². The molecule has 1 unspecified atom stereocenters. The van der Waals surface area contributed by atoms with Crippen LogP contribution in [-0.2, 0) is 9.84 Å². The van der Waals surface area contributed by atoms with E-state index in [1.54, 1.807) is 39.0 Å². The summed E-state index contributed by atoms with van der Waals surface area (Å²) >= 11 is 6.00. The van der Waals surface area contributed by atoms with Gasteiger partial charge in [-0.25, -0.2) is 8.42 Å². The van der Waals surface area contributed by atoms with E-state index in [0.29, 0.717) is 16.3 Å². The second-order valence-corrected chi connectivity index (χ2v) is 7.71. The molecule has 1 rings (SSSR count). The predicted octanol–water partition coefficient (Wildman–Crippen LogP) is 2.60. The monoisotopic (exact) mass is 306 g/mol. The molecular weight excluding hydrogens is 288 g/mol. The van der Waals surface area contributed by atoms with E-state index in [9.17, 15) is 13.5 Å². The van der Waals surface area contributed by atoms with Crippen molar-refractivity contribution in [1.29, 1.82) is 0 Å². The fraction of sp³-hybridized carbons (Fsp3) is 0.538. The second-order valence-electron chi connectivity index (χ2n) is 4.63. The molecule has 0 spiro atoms. The number of halogens is 1. The Labute approximate surface area is 119 Å². The Balaban J connectivity index is 2.65. The summed E-state index contributed by atoms with van der Waals surface area (Å²) in [6.07, 6.45) is -0.604. The minimum atomic E-state index is -3.11. The molecular formula is C13H19ClO4S. The van der Waals surface area contributed by atoms with Crippen molar-refractivity contribution >= 4 is 21.4 Å². The second kappa shape index (κ2) is 6.59. The molecule has 1 atom stereocenters. The normalized spacial score (nSPS) is 13.6. The number of hydrogen-bond acceptors (Lipinski definition) is 4. The Bertz CT molecular complexity index is 523. The maximum absolute atomic E-state index is 11.6. The SMILES string of the molecule is CC(O)c1ccc(OCCS(=O)(=O)C(C)C)c(Cl)c1. The number of rotatable bonds is 6. The third kappa shape index (κ3) is 4.67. The van der Waals surface area contributed by atoms with Crippen LogP contribution in [0.1, 0.15) is 32.4 Å². The van der Waals surface area contributed by atoms with Crippen molar-refractivity contribution in [2.45, 2.75) is 32.1 Å². The van der Waals surface area contributed by atoms with Crippen LogP contribution < -0.4 is 4.74 Å². The maximum atomic E-state index is 11.6. The summed E-state index contributed by atoms with van der Waals surface area (Å²) in [5, 5.41) is 9.35. The van der Waals surface area contributed by atoms with Gasteiger partial charge in [-0.15, -0.1) is 0 Å². The van der Waals surface area contributed by atoms with Crippen LogP contribution in [0.4, 0.5) is 0 Å². The zero-order valence-electron chi connectivity index (χ0n) is 11.3. The molecule has 0 radical (unpaired) electrons. The van der Waals surface area contributed by atoms with Gasteiger partial charge in [-0.05, 0) is 38.5 Å². The summed E-state index contributed by atoms with van der Waals surface area (Å²) in [6, 6.07) is 4.94. The average Bonchev–Trinajstić information content (AvgIpc) is 2.30. The van der Waals surface area contributed by atoms with Gasteiger partial charge in [0.25, 0.3) is 0 Å². The zero-order valence-corrected chi connectivity index (χ0v) is 12.8. The summed E-state index contributed by atoms with van der Waals surface area (Å²) in [5.41, 5.74) is 0.687. The molecule has 108 valence electrons. The van der Waals surface area contributed by atoms with Gasteiger partial charge in [-0.3, -0.25) is 0 Å². The van der Waals surface area contributed by atoms with Gasteiger partial charge < -0.3 is 9.84 Å². The quantitative estimate of drug-likeness (QED) is 0.877. The third-order valence-electron chi connectivity index (χ3n) is 2.78. The molecule has 4 nitrogen and oxygen atoms in total. The van der Waals surface area contributed by atoms with E-state index in [4.69, 9.17) is 16.3 Å². The van der Waals surface area contributed by atoms with Gasteiger partial charge in [0.15, 0.2) is 9.84 Å². The van der Waals surface area contributed by atoms with E-state index in [-0.39, 0.29) is 12.4 Å². The maximum Gasteiger partial charge on any atom is 0.155 e. The van der Waals surface area contributed by atoms with Gasteiger partial charge in [-0.1, -0.05) is 17.7 Å². The van der Waals surface area contributed by atoms with Crippen molar-refractivity contribution in [2.24, 2.45) is 0 Å². The Kier molecular flexibility index (Phi) is 5.64. The van der Waals surface area contributed by atoms with Gasteiger partial charge in [0.2, 0.25) is 0 Å². The van der Waals surface area contributed by atoms with Crippen LogP contribution in [0, 0.1) is 0 Å². The highest BCUT2D eigenvalue weighted by atomic mass is 35.5. The molecule has 0 aliphatic heterocycles. The molecule has 1 aromatic rings. The zero-order chi connectivity index (χ0) is 14.6.